The van der Waals surface area contributed by atoms with Crippen molar-refractivity contribution in [2.24, 2.45) is 0 Å². The molecule has 5 rings (SSSR count). The van der Waals surface area contributed by atoms with E-state index in [0.717, 1.165) is 21.9 Å². The molecule has 146 valence electrons. The minimum Gasteiger partial charge on any atom is -0.348 e. The van der Waals surface area contributed by atoms with Crippen molar-refractivity contribution < 1.29 is 9.18 Å². The Balaban J connectivity index is 1.51. The van der Waals surface area contributed by atoms with E-state index in [2.05, 4.69) is 20.5 Å². The normalized spacial score (nSPS) is 11.1. The summed E-state index contributed by atoms with van der Waals surface area (Å²) in [6, 6.07) is 20.5. The van der Waals surface area contributed by atoms with Gasteiger partial charge in [0.1, 0.15) is 17.0 Å². The van der Waals surface area contributed by atoms with Gasteiger partial charge >= 0.3 is 0 Å². The van der Waals surface area contributed by atoms with Crippen LogP contribution in [-0.4, -0.2) is 21.1 Å². The summed E-state index contributed by atoms with van der Waals surface area (Å²) in [5.74, 6) is -0.871. The summed E-state index contributed by atoms with van der Waals surface area (Å²) in [4.78, 5) is 16.7. The van der Waals surface area contributed by atoms with E-state index in [1.54, 1.807) is 24.5 Å². The van der Waals surface area contributed by atoms with Gasteiger partial charge in [0.05, 0.1) is 0 Å². The van der Waals surface area contributed by atoms with E-state index in [1.807, 2.05) is 48.5 Å². The number of aromatic amines is 1. The van der Waals surface area contributed by atoms with Gasteiger partial charge in [-0.1, -0.05) is 42.5 Å². The summed E-state index contributed by atoms with van der Waals surface area (Å²) >= 11 is 0. The number of rotatable bonds is 4. The van der Waals surface area contributed by atoms with Crippen molar-refractivity contribution >= 4 is 27.6 Å². The number of carbonyl (C=O) groups excluding carboxylic acids is 1. The topological polar surface area (TPSA) is 70.7 Å². The van der Waals surface area contributed by atoms with Crippen LogP contribution in [-0.2, 0) is 6.54 Å². The first-order chi connectivity index (χ1) is 14.7. The molecule has 6 heteroatoms. The molecule has 0 radical (unpaired) electrons. The molecule has 0 saturated carbocycles. The second-order valence-corrected chi connectivity index (χ2v) is 7.06. The predicted molar refractivity (Wildman–Crippen MR) is 114 cm³/mol. The van der Waals surface area contributed by atoms with Gasteiger partial charge in [0.15, 0.2) is 0 Å². The molecule has 2 aromatic heterocycles. The van der Waals surface area contributed by atoms with Crippen LogP contribution in [0.1, 0.15) is 15.9 Å². The van der Waals surface area contributed by atoms with E-state index >= 15 is 0 Å². The first kappa shape index (κ1) is 18.0. The maximum Gasteiger partial charge on any atom is 0.251 e. The minimum absolute atomic E-state index is 0.243. The molecule has 0 aliphatic heterocycles. The number of carbonyl (C=O) groups is 1. The smallest absolute Gasteiger partial charge is 0.251 e. The number of nitrogens with one attached hydrogen (secondary N) is 2. The van der Waals surface area contributed by atoms with Crippen LogP contribution in [0.25, 0.3) is 32.9 Å². The standard InChI is InChI=1S/C24H17FN4O/c25-21-12-19(24(30)27-14-15-4-3-9-26-13-15)11-20-22(28-29-23(20)21)18-8-7-16-5-1-2-6-17(16)10-18/h1-13H,14H2,(H,27,30)(H,28,29). The van der Waals surface area contributed by atoms with Gasteiger partial charge in [-0.2, -0.15) is 5.10 Å². The average molecular weight is 396 g/mol. The Bertz CT molecular complexity index is 1380. The van der Waals surface area contributed by atoms with E-state index < -0.39 is 5.82 Å². The zero-order valence-corrected chi connectivity index (χ0v) is 15.9. The van der Waals surface area contributed by atoms with E-state index in [-0.39, 0.29) is 17.0 Å². The molecule has 0 atom stereocenters. The van der Waals surface area contributed by atoms with E-state index in [4.69, 9.17) is 0 Å². The second-order valence-electron chi connectivity index (χ2n) is 7.06. The van der Waals surface area contributed by atoms with Gasteiger partial charge in [-0.15, -0.1) is 0 Å². The van der Waals surface area contributed by atoms with Crippen LogP contribution in [0.15, 0.2) is 79.1 Å². The van der Waals surface area contributed by atoms with Gasteiger partial charge in [-0.3, -0.25) is 14.9 Å². The number of halogens is 1. The van der Waals surface area contributed by atoms with Crippen molar-refractivity contribution in [2.75, 3.05) is 0 Å². The fourth-order valence-electron chi connectivity index (χ4n) is 3.55. The molecule has 5 aromatic rings. The van der Waals surface area contributed by atoms with Gasteiger partial charge in [-0.25, -0.2) is 4.39 Å². The fourth-order valence-corrected chi connectivity index (χ4v) is 3.55. The summed E-state index contributed by atoms with van der Waals surface area (Å²) in [5.41, 5.74) is 2.85. The van der Waals surface area contributed by atoms with Crippen molar-refractivity contribution in [2.45, 2.75) is 6.54 Å². The van der Waals surface area contributed by atoms with Crippen LogP contribution in [0.2, 0.25) is 0 Å². The van der Waals surface area contributed by atoms with Crippen molar-refractivity contribution in [3.05, 3.63) is 96.1 Å². The number of aromatic nitrogens is 3. The third-order valence-electron chi connectivity index (χ3n) is 5.09. The molecule has 30 heavy (non-hydrogen) atoms. The first-order valence-electron chi connectivity index (χ1n) is 9.53. The second kappa shape index (κ2) is 7.40. The lowest BCUT2D eigenvalue weighted by Crippen LogP contribution is -2.23. The van der Waals surface area contributed by atoms with Crippen molar-refractivity contribution in [1.82, 2.24) is 20.5 Å². The Kier molecular flexibility index (Phi) is 4.44. The Morgan fingerprint density at radius 3 is 2.70 bits per heavy atom. The van der Waals surface area contributed by atoms with Crippen LogP contribution in [0.5, 0.6) is 0 Å². The number of hydrogen-bond donors (Lipinski definition) is 2. The fraction of sp³-hybridized carbons (Fsp3) is 0.0417. The van der Waals surface area contributed by atoms with Crippen molar-refractivity contribution in [1.29, 1.82) is 0 Å². The average Bonchev–Trinajstić information content (AvgIpc) is 3.22. The maximum atomic E-state index is 14.7. The molecule has 0 unspecified atom stereocenters. The molecule has 2 heterocycles. The molecule has 0 aliphatic rings. The molecule has 1 amide bonds. The lowest BCUT2D eigenvalue weighted by atomic mass is 10.0. The number of fused-ring (bicyclic) bond motifs is 2. The number of amides is 1. The molecule has 5 nitrogen and oxygen atoms in total. The van der Waals surface area contributed by atoms with Crippen molar-refractivity contribution in [3.8, 4) is 11.3 Å². The lowest BCUT2D eigenvalue weighted by Gasteiger charge is -2.07. The van der Waals surface area contributed by atoms with Crippen LogP contribution in [0.3, 0.4) is 0 Å². The molecule has 0 spiro atoms. The van der Waals surface area contributed by atoms with E-state index in [1.165, 1.54) is 6.07 Å². The maximum absolute atomic E-state index is 14.7. The molecular formula is C24H17FN4O. The highest BCUT2D eigenvalue weighted by molar-refractivity contribution is 6.02. The number of pyridine rings is 1. The molecule has 0 fully saturated rings. The highest BCUT2D eigenvalue weighted by Crippen LogP contribution is 2.30. The monoisotopic (exact) mass is 396 g/mol. The number of benzene rings is 3. The number of H-pyrrole nitrogens is 1. The third-order valence-corrected chi connectivity index (χ3v) is 5.09. The molecule has 0 bridgehead atoms. The van der Waals surface area contributed by atoms with Crippen LogP contribution in [0.4, 0.5) is 4.39 Å². The zero-order valence-electron chi connectivity index (χ0n) is 15.9. The van der Waals surface area contributed by atoms with Gasteiger partial charge < -0.3 is 5.32 Å². The van der Waals surface area contributed by atoms with Crippen LogP contribution >= 0.6 is 0 Å². The van der Waals surface area contributed by atoms with Gasteiger partial charge in [-0.05, 0) is 40.6 Å². The van der Waals surface area contributed by atoms with Crippen LogP contribution in [0, 0.1) is 5.82 Å². The van der Waals surface area contributed by atoms with Gasteiger partial charge in [0.2, 0.25) is 0 Å². The van der Waals surface area contributed by atoms with E-state index in [0.29, 0.717) is 17.6 Å². The Hall–Kier alpha value is -4.06. The van der Waals surface area contributed by atoms with E-state index in [9.17, 15) is 9.18 Å². The van der Waals surface area contributed by atoms with Crippen LogP contribution < -0.4 is 5.32 Å². The highest BCUT2D eigenvalue weighted by atomic mass is 19.1. The molecule has 0 saturated heterocycles. The van der Waals surface area contributed by atoms with Crippen molar-refractivity contribution in [3.63, 3.8) is 0 Å². The summed E-state index contributed by atoms with van der Waals surface area (Å²) in [6.45, 7) is 0.315. The molecule has 0 aliphatic carbocycles. The molecule has 2 N–H and O–H groups in total. The largest absolute Gasteiger partial charge is 0.348 e. The number of hydrogen-bond acceptors (Lipinski definition) is 3. The predicted octanol–water partition coefficient (Wildman–Crippen LogP) is 4.85. The Labute approximate surface area is 171 Å². The van der Waals surface area contributed by atoms with Gasteiger partial charge in [0.25, 0.3) is 5.91 Å². The van der Waals surface area contributed by atoms with Gasteiger partial charge in [0, 0.05) is 35.5 Å². The molecular weight excluding hydrogens is 379 g/mol. The lowest BCUT2D eigenvalue weighted by molar-refractivity contribution is 0.0950. The SMILES string of the molecule is O=C(NCc1cccnc1)c1cc(F)c2[nH]nc(-c3ccc4ccccc4c3)c2c1. The zero-order chi connectivity index (χ0) is 20.5. The summed E-state index contributed by atoms with van der Waals surface area (Å²) in [7, 11) is 0. The highest BCUT2D eigenvalue weighted by Gasteiger charge is 2.16. The third kappa shape index (κ3) is 3.28. The summed E-state index contributed by atoms with van der Waals surface area (Å²) < 4.78 is 14.7. The minimum atomic E-state index is -0.515. The molecule has 3 aromatic carbocycles. The summed E-state index contributed by atoms with van der Waals surface area (Å²) in [5, 5.41) is 12.6. The Morgan fingerprint density at radius 2 is 1.87 bits per heavy atom. The Morgan fingerprint density at radius 1 is 1.00 bits per heavy atom. The number of nitrogens with zero attached hydrogens (tertiary/aromatic N) is 2. The summed E-state index contributed by atoms with van der Waals surface area (Å²) in [6.07, 6.45) is 3.35. The first-order valence-corrected chi connectivity index (χ1v) is 9.53. The quantitative estimate of drug-likeness (QED) is 0.456.